The third-order valence-corrected chi connectivity index (χ3v) is 8.99. The second-order valence-electron chi connectivity index (χ2n) is 7.24. The van der Waals surface area contributed by atoms with Gasteiger partial charge in [0.05, 0.1) is 26.5 Å². The summed E-state index contributed by atoms with van der Waals surface area (Å²) in [5.74, 6) is -1.17. The van der Waals surface area contributed by atoms with E-state index in [-0.39, 0.29) is 16.0 Å². The molecule has 0 unspecified atom stereocenters. The van der Waals surface area contributed by atoms with Gasteiger partial charge in [-0.25, -0.2) is 17.2 Å². The second-order valence-corrected chi connectivity index (χ2v) is 11.3. The van der Waals surface area contributed by atoms with E-state index in [2.05, 4.69) is 6.07 Å². The lowest BCUT2D eigenvalue weighted by Crippen LogP contribution is -2.14. The molecule has 0 aliphatic carbocycles. The molecular weight excluding hydrogens is 512 g/mol. The highest BCUT2D eigenvalue weighted by atomic mass is 35.5. The summed E-state index contributed by atoms with van der Waals surface area (Å²) in [5, 5.41) is 23.8. The quantitative estimate of drug-likeness (QED) is 0.280. The number of carboxylic acid groups (broad SMARTS) is 1. The van der Waals surface area contributed by atoms with Gasteiger partial charge in [-0.15, -0.1) is 22.7 Å². The molecule has 3 aromatic heterocycles. The van der Waals surface area contributed by atoms with Crippen LogP contribution in [0.5, 0.6) is 0 Å². The molecule has 5 aromatic rings. The van der Waals surface area contributed by atoms with Gasteiger partial charge in [0, 0.05) is 21.5 Å². The van der Waals surface area contributed by atoms with Crippen LogP contribution in [0.25, 0.3) is 32.6 Å². The van der Waals surface area contributed by atoms with Crippen LogP contribution in [0.4, 0.5) is 0 Å². The van der Waals surface area contributed by atoms with Crippen molar-refractivity contribution in [3.63, 3.8) is 0 Å². The highest BCUT2D eigenvalue weighted by molar-refractivity contribution is 7.90. The number of hydrogen-bond donors (Lipinski definition) is 1. The monoisotopic (exact) mass is 524 g/mol. The van der Waals surface area contributed by atoms with E-state index >= 15 is 0 Å². The fourth-order valence-corrected chi connectivity index (χ4v) is 7.03. The Kier molecular flexibility index (Phi) is 5.54. The Morgan fingerprint density at radius 2 is 1.79 bits per heavy atom. The Labute approximate surface area is 207 Å². The van der Waals surface area contributed by atoms with E-state index in [4.69, 9.17) is 11.6 Å². The summed E-state index contributed by atoms with van der Waals surface area (Å²) >= 11 is 8.59. The van der Waals surface area contributed by atoms with Crippen LogP contribution < -0.4 is 0 Å². The molecule has 168 valence electrons. The van der Waals surface area contributed by atoms with Crippen LogP contribution in [0.15, 0.2) is 76.3 Å². The second kappa shape index (κ2) is 8.42. The lowest BCUT2D eigenvalue weighted by atomic mass is 10.0. The zero-order valence-electron chi connectivity index (χ0n) is 17.1. The predicted molar refractivity (Wildman–Crippen MR) is 134 cm³/mol. The van der Waals surface area contributed by atoms with Crippen LogP contribution in [0.2, 0.25) is 5.02 Å². The smallest absolute Gasteiger partial charge is 0.335 e. The number of aromatic nitrogens is 1. The average molecular weight is 525 g/mol. The maximum absolute atomic E-state index is 14.0. The number of thiophene rings is 2. The lowest BCUT2D eigenvalue weighted by molar-refractivity contribution is 0.0697. The van der Waals surface area contributed by atoms with Crippen molar-refractivity contribution in [2.45, 2.75) is 4.90 Å². The fraction of sp³-hybridized carbons (Fsp3) is 0. The van der Waals surface area contributed by atoms with E-state index in [0.29, 0.717) is 37.0 Å². The molecule has 0 fully saturated rings. The molecule has 0 spiro atoms. The zero-order chi connectivity index (χ0) is 24.0. The Balaban J connectivity index is 1.99. The van der Waals surface area contributed by atoms with Crippen molar-refractivity contribution in [3.05, 3.63) is 86.9 Å². The number of rotatable bonds is 5. The Hall–Kier alpha value is -3.42. The van der Waals surface area contributed by atoms with Crippen LogP contribution in [-0.4, -0.2) is 23.5 Å². The maximum Gasteiger partial charge on any atom is 0.335 e. The first-order valence-corrected chi connectivity index (χ1v) is 13.4. The molecule has 10 heteroatoms. The molecule has 0 radical (unpaired) electrons. The van der Waals surface area contributed by atoms with Gasteiger partial charge in [0.2, 0.25) is 0 Å². The summed E-state index contributed by atoms with van der Waals surface area (Å²) in [4.78, 5) is 12.9. The average Bonchev–Trinajstić information content (AvgIpc) is 3.56. The van der Waals surface area contributed by atoms with E-state index in [9.17, 15) is 23.6 Å². The zero-order valence-corrected chi connectivity index (χ0v) is 20.3. The summed E-state index contributed by atoms with van der Waals surface area (Å²) in [6.45, 7) is 0. The molecule has 34 heavy (non-hydrogen) atoms. The minimum absolute atomic E-state index is 0.00436. The SMILES string of the molecule is N#Cc1sccc1-c1c(-c2cccs2)n(S(=O)(=O)c2ccc(Cl)cc2)c2cc(C(=O)O)ccc12. The van der Waals surface area contributed by atoms with Crippen molar-refractivity contribution >= 4 is 61.2 Å². The first-order valence-electron chi connectivity index (χ1n) is 9.77. The van der Waals surface area contributed by atoms with Gasteiger partial charge in [-0.05, 0) is 59.3 Å². The van der Waals surface area contributed by atoms with Gasteiger partial charge in [0.25, 0.3) is 10.0 Å². The van der Waals surface area contributed by atoms with Crippen molar-refractivity contribution in [3.8, 4) is 27.8 Å². The molecule has 0 saturated heterocycles. The highest BCUT2D eigenvalue weighted by Crippen LogP contribution is 2.46. The molecule has 0 bridgehead atoms. The number of carbonyl (C=O) groups is 1. The number of hydrogen-bond acceptors (Lipinski definition) is 6. The summed E-state index contributed by atoms with van der Waals surface area (Å²) in [6, 6.07) is 17.7. The summed E-state index contributed by atoms with van der Waals surface area (Å²) < 4.78 is 29.2. The standard InChI is InChI=1S/C24H13ClN2O4S3/c25-15-4-6-16(7-5-15)34(30,31)27-19-12-14(24(28)29)3-8-17(19)22(18-9-11-33-21(18)13-26)23(27)20-2-1-10-32-20/h1-12H,(H,28,29). The van der Waals surface area contributed by atoms with Gasteiger partial charge in [-0.3, -0.25) is 0 Å². The minimum Gasteiger partial charge on any atom is -0.478 e. The molecule has 0 amide bonds. The van der Waals surface area contributed by atoms with Gasteiger partial charge in [-0.1, -0.05) is 23.7 Å². The predicted octanol–water partition coefficient (Wildman–Crippen LogP) is 6.56. The number of nitrogens with zero attached hydrogens (tertiary/aromatic N) is 2. The molecule has 3 heterocycles. The van der Waals surface area contributed by atoms with Crippen molar-refractivity contribution in [2.75, 3.05) is 0 Å². The van der Waals surface area contributed by atoms with Gasteiger partial charge in [-0.2, -0.15) is 5.26 Å². The van der Waals surface area contributed by atoms with Gasteiger partial charge >= 0.3 is 5.97 Å². The topological polar surface area (TPSA) is 100 Å². The fourth-order valence-electron chi connectivity index (χ4n) is 3.86. The first kappa shape index (κ1) is 22.4. The molecule has 2 aromatic carbocycles. The normalized spacial score (nSPS) is 11.5. The molecular formula is C24H13ClN2O4S3. The number of aromatic carboxylic acids is 1. The summed E-state index contributed by atoms with van der Waals surface area (Å²) in [7, 11) is -4.18. The van der Waals surface area contributed by atoms with Crippen molar-refractivity contribution < 1.29 is 18.3 Å². The number of carboxylic acids is 1. The Morgan fingerprint density at radius 3 is 2.44 bits per heavy atom. The van der Waals surface area contributed by atoms with Crippen LogP contribution in [0, 0.1) is 11.3 Å². The molecule has 0 aliphatic rings. The molecule has 6 nitrogen and oxygen atoms in total. The molecule has 5 rings (SSSR count). The number of fused-ring (bicyclic) bond motifs is 1. The lowest BCUT2D eigenvalue weighted by Gasteiger charge is -2.13. The van der Waals surface area contributed by atoms with Crippen LogP contribution in [0.1, 0.15) is 15.2 Å². The third-order valence-electron chi connectivity index (χ3n) is 5.32. The van der Waals surface area contributed by atoms with Gasteiger partial charge in [0.15, 0.2) is 0 Å². The number of halogens is 1. The Bertz CT molecular complexity index is 1710. The molecule has 0 aliphatic heterocycles. The van der Waals surface area contributed by atoms with Crippen LogP contribution >= 0.6 is 34.3 Å². The summed E-state index contributed by atoms with van der Waals surface area (Å²) in [5.41, 5.74) is 1.69. The maximum atomic E-state index is 14.0. The molecule has 1 N–H and O–H groups in total. The molecule has 0 saturated carbocycles. The molecule has 0 atom stereocenters. The highest BCUT2D eigenvalue weighted by Gasteiger charge is 2.30. The van der Waals surface area contributed by atoms with E-state index in [1.807, 2.05) is 11.4 Å². The summed E-state index contributed by atoms with van der Waals surface area (Å²) in [6.07, 6.45) is 0. The number of nitriles is 1. The third kappa shape index (κ3) is 3.52. The van der Waals surface area contributed by atoms with Gasteiger partial charge in [0.1, 0.15) is 10.9 Å². The van der Waals surface area contributed by atoms with E-state index < -0.39 is 16.0 Å². The van der Waals surface area contributed by atoms with Gasteiger partial charge < -0.3 is 5.11 Å². The minimum atomic E-state index is -4.18. The van der Waals surface area contributed by atoms with Crippen LogP contribution in [0.3, 0.4) is 0 Å². The van der Waals surface area contributed by atoms with E-state index in [1.165, 1.54) is 63.0 Å². The van der Waals surface area contributed by atoms with Crippen molar-refractivity contribution in [2.24, 2.45) is 0 Å². The van der Waals surface area contributed by atoms with Crippen LogP contribution in [-0.2, 0) is 10.0 Å². The number of benzene rings is 2. The van der Waals surface area contributed by atoms with Crippen molar-refractivity contribution in [1.29, 1.82) is 5.26 Å². The van der Waals surface area contributed by atoms with E-state index in [1.54, 1.807) is 23.6 Å². The Morgan fingerprint density at radius 1 is 1.03 bits per heavy atom. The van der Waals surface area contributed by atoms with E-state index in [0.717, 1.165) is 0 Å². The first-order chi connectivity index (χ1) is 16.3. The largest absolute Gasteiger partial charge is 0.478 e. The van der Waals surface area contributed by atoms with Crippen molar-refractivity contribution in [1.82, 2.24) is 3.97 Å².